The highest BCUT2D eigenvalue weighted by molar-refractivity contribution is 5.55. The number of non-ortho nitro benzene ring substituents is 1. The number of aliphatic hydroxyl groups excluding tert-OH is 1. The summed E-state index contributed by atoms with van der Waals surface area (Å²) in [6.45, 7) is 3.68. The lowest BCUT2D eigenvalue weighted by molar-refractivity contribution is -0.384. The van der Waals surface area contributed by atoms with Gasteiger partial charge in [-0.25, -0.2) is 0 Å². The molecule has 1 aromatic rings. The Labute approximate surface area is 94.5 Å². The molecular formula is C11H16N2O3. The highest BCUT2D eigenvalue weighted by Gasteiger charge is 2.13. The summed E-state index contributed by atoms with van der Waals surface area (Å²) in [6, 6.07) is 4.83. The van der Waals surface area contributed by atoms with Crippen molar-refractivity contribution in [3.05, 3.63) is 33.9 Å². The third-order valence-corrected chi connectivity index (χ3v) is 2.59. The molecule has 16 heavy (non-hydrogen) atoms. The van der Waals surface area contributed by atoms with Crippen LogP contribution in [0.4, 0.5) is 11.4 Å². The first-order valence-corrected chi connectivity index (χ1v) is 5.05. The molecule has 5 nitrogen and oxygen atoms in total. The van der Waals surface area contributed by atoms with Crippen LogP contribution in [0.2, 0.25) is 0 Å². The van der Waals surface area contributed by atoms with Gasteiger partial charge in [-0.05, 0) is 25.5 Å². The number of nitrogens with zero attached hydrogens (tertiary/aromatic N) is 2. The Morgan fingerprint density at radius 1 is 1.50 bits per heavy atom. The second kappa shape index (κ2) is 4.94. The first kappa shape index (κ1) is 12.4. The highest BCUT2D eigenvalue weighted by atomic mass is 16.6. The van der Waals surface area contributed by atoms with Gasteiger partial charge in [0.05, 0.1) is 11.5 Å². The van der Waals surface area contributed by atoms with E-state index in [1.807, 2.05) is 24.8 Å². The third-order valence-electron chi connectivity index (χ3n) is 2.59. The van der Waals surface area contributed by atoms with Gasteiger partial charge in [-0.1, -0.05) is 0 Å². The van der Waals surface area contributed by atoms with Crippen LogP contribution in [-0.4, -0.2) is 29.7 Å². The minimum Gasteiger partial charge on any atom is -0.394 e. The number of hydrogen-bond donors (Lipinski definition) is 1. The van der Waals surface area contributed by atoms with Crippen LogP contribution < -0.4 is 4.90 Å². The number of benzene rings is 1. The summed E-state index contributed by atoms with van der Waals surface area (Å²) in [7, 11) is 1.80. The predicted molar refractivity (Wildman–Crippen MR) is 62.8 cm³/mol. The van der Waals surface area contributed by atoms with Crippen LogP contribution in [0.3, 0.4) is 0 Å². The number of aryl methyl sites for hydroxylation is 1. The molecular weight excluding hydrogens is 208 g/mol. The maximum Gasteiger partial charge on any atom is 0.271 e. The number of nitro benzene ring substituents is 1. The van der Waals surface area contributed by atoms with Crippen molar-refractivity contribution in [1.82, 2.24) is 0 Å². The zero-order chi connectivity index (χ0) is 12.3. The standard InChI is InChI=1S/C11H16N2O3/c1-8-4-10(12(3)9(2)7-14)6-11(5-8)13(15)16/h4-6,9,14H,7H2,1-3H3. The lowest BCUT2D eigenvalue weighted by atomic mass is 10.1. The SMILES string of the molecule is Cc1cc(N(C)C(C)CO)cc([N+](=O)[O-])c1. The second-order valence-corrected chi connectivity index (χ2v) is 3.93. The average Bonchev–Trinajstić information content (AvgIpc) is 2.26. The molecule has 1 aromatic carbocycles. The van der Waals surface area contributed by atoms with Crippen molar-refractivity contribution >= 4 is 11.4 Å². The first-order valence-electron chi connectivity index (χ1n) is 5.05. The summed E-state index contributed by atoms with van der Waals surface area (Å²) in [5.74, 6) is 0. The van der Waals surface area contributed by atoms with E-state index in [-0.39, 0.29) is 18.3 Å². The van der Waals surface area contributed by atoms with Gasteiger partial charge in [0.2, 0.25) is 0 Å². The molecule has 1 N–H and O–H groups in total. The molecule has 0 spiro atoms. The van der Waals surface area contributed by atoms with Crippen molar-refractivity contribution in [2.45, 2.75) is 19.9 Å². The molecule has 1 atom stereocenters. The van der Waals surface area contributed by atoms with Gasteiger partial charge in [0.1, 0.15) is 0 Å². The zero-order valence-electron chi connectivity index (χ0n) is 9.67. The van der Waals surface area contributed by atoms with Gasteiger partial charge in [0, 0.05) is 30.9 Å². The molecule has 0 saturated heterocycles. The van der Waals surface area contributed by atoms with E-state index >= 15 is 0 Å². The van der Waals surface area contributed by atoms with Gasteiger partial charge in [-0.3, -0.25) is 10.1 Å². The van der Waals surface area contributed by atoms with Crippen molar-refractivity contribution in [3.8, 4) is 0 Å². The topological polar surface area (TPSA) is 66.6 Å². The molecule has 0 aromatic heterocycles. The quantitative estimate of drug-likeness (QED) is 0.624. The van der Waals surface area contributed by atoms with E-state index in [1.54, 1.807) is 7.05 Å². The van der Waals surface area contributed by atoms with Crippen molar-refractivity contribution in [2.75, 3.05) is 18.6 Å². The second-order valence-electron chi connectivity index (χ2n) is 3.93. The van der Waals surface area contributed by atoms with E-state index in [9.17, 15) is 10.1 Å². The summed E-state index contributed by atoms with van der Waals surface area (Å²) >= 11 is 0. The monoisotopic (exact) mass is 224 g/mol. The van der Waals surface area contributed by atoms with E-state index < -0.39 is 4.92 Å². The molecule has 0 radical (unpaired) electrons. The van der Waals surface area contributed by atoms with Crippen LogP contribution in [0.1, 0.15) is 12.5 Å². The maximum absolute atomic E-state index is 10.7. The van der Waals surface area contributed by atoms with Crippen LogP contribution in [0.15, 0.2) is 18.2 Å². The van der Waals surface area contributed by atoms with Crippen LogP contribution >= 0.6 is 0 Å². The Hall–Kier alpha value is -1.62. The summed E-state index contributed by atoms with van der Waals surface area (Å²) in [4.78, 5) is 12.1. The highest BCUT2D eigenvalue weighted by Crippen LogP contribution is 2.24. The van der Waals surface area contributed by atoms with Crippen LogP contribution in [0, 0.1) is 17.0 Å². The fourth-order valence-corrected chi connectivity index (χ4v) is 1.43. The Kier molecular flexibility index (Phi) is 3.84. The minimum atomic E-state index is -0.409. The molecule has 1 rings (SSSR count). The van der Waals surface area contributed by atoms with E-state index in [0.717, 1.165) is 11.3 Å². The Balaban J connectivity index is 3.09. The maximum atomic E-state index is 10.7. The molecule has 0 amide bonds. The van der Waals surface area contributed by atoms with E-state index in [4.69, 9.17) is 5.11 Å². The number of nitro groups is 1. The number of rotatable bonds is 4. The van der Waals surface area contributed by atoms with Gasteiger partial charge in [-0.2, -0.15) is 0 Å². The Bertz CT molecular complexity index is 393. The van der Waals surface area contributed by atoms with Gasteiger partial charge >= 0.3 is 0 Å². The van der Waals surface area contributed by atoms with Gasteiger partial charge in [0.25, 0.3) is 5.69 Å². The molecule has 0 aliphatic heterocycles. The van der Waals surface area contributed by atoms with Crippen LogP contribution in [0.5, 0.6) is 0 Å². The Morgan fingerprint density at radius 2 is 2.12 bits per heavy atom. The fourth-order valence-electron chi connectivity index (χ4n) is 1.43. The van der Waals surface area contributed by atoms with Gasteiger partial charge in [0.15, 0.2) is 0 Å². The van der Waals surface area contributed by atoms with Gasteiger partial charge < -0.3 is 10.0 Å². The molecule has 0 bridgehead atoms. The molecule has 0 aliphatic carbocycles. The summed E-state index contributed by atoms with van der Waals surface area (Å²) in [5, 5.41) is 19.7. The van der Waals surface area contributed by atoms with Crippen LogP contribution in [-0.2, 0) is 0 Å². The van der Waals surface area contributed by atoms with E-state index in [2.05, 4.69) is 0 Å². The Morgan fingerprint density at radius 3 is 2.62 bits per heavy atom. The molecule has 0 fully saturated rings. The summed E-state index contributed by atoms with van der Waals surface area (Å²) < 4.78 is 0. The van der Waals surface area contributed by atoms with Crippen molar-refractivity contribution in [2.24, 2.45) is 0 Å². The molecule has 0 saturated carbocycles. The number of likely N-dealkylation sites (N-methyl/N-ethyl adjacent to an activating group) is 1. The van der Waals surface area contributed by atoms with E-state index in [1.165, 1.54) is 12.1 Å². The van der Waals surface area contributed by atoms with E-state index in [0.29, 0.717) is 0 Å². The van der Waals surface area contributed by atoms with Crippen molar-refractivity contribution in [1.29, 1.82) is 0 Å². The summed E-state index contributed by atoms with van der Waals surface area (Å²) in [6.07, 6.45) is 0. The minimum absolute atomic E-state index is 0.0121. The fraction of sp³-hybridized carbons (Fsp3) is 0.455. The number of aliphatic hydroxyl groups is 1. The average molecular weight is 224 g/mol. The molecule has 88 valence electrons. The first-order chi connectivity index (χ1) is 7.45. The number of hydrogen-bond acceptors (Lipinski definition) is 4. The lowest BCUT2D eigenvalue weighted by Gasteiger charge is -2.25. The summed E-state index contributed by atoms with van der Waals surface area (Å²) in [5.41, 5.74) is 1.65. The normalized spacial score (nSPS) is 12.2. The largest absolute Gasteiger partial charge is 0.394 e. The molecule has 1 unspecified atom stereocenters. The lowest BCUT2D eigenvalue weighted by Crippen LogP contribution is -2.31. The predicted octanol–water partition coefficient (Wildman–Crippen LogP) is 1.72. The number of anilines is 1. The third kappa shape index (κ3) is 2.70. The zero-order valence-corrected chi connectivity index (χ0v) is 9.67. The van der Waals surface area contributed by atoms with Crippen molar-refractivity contribution in [3.63, 3.8) is 0 Å². The molecule has 0 aliphatic rings. The van der Waals surface area contributed by atoms with Crippen LogP contribution in [0.25, 0.3) is 0 Å². The molecule has 5 heteroatoms. The smallest absolute Gasteiger partial charge is 0.271 e. The van der Waals surface area contributed by atoms with Gasteiger partial charge in [-0.15, -0.1) is 0 Å². The molecule has 0 heterocycles. The van der Waals surface area contributed by atoms with Crippen molar-refractivity contribution < 1.29 is 10.0 Å².